The molecule has 0 bridgehead atoms. The van der Waals surface area contributed by atoms with E-state index < -0.39 is 0 Å². The second kappa shape index (κ2) is 5.81. The number of ether oxygens (including phenoxy) is 2. The maximum Gasteiger partial charge on any atom is 0.231 e. The van der Waals surface area contributed by atoms with Crippen LogP contribution < -0.4 is 9.47 Å². The summed E-state index contributed by atoms with van der Waals surface area (Å²) in [4.78, 5) is 12.7. The van der Waals surface area contributed by atoms with Crippen LogP contribution >= 0.6 is 0 Å². The third-order valence-corrected chi connectivity index (χ3v) is 4.55. The minimum Gasteiger partial charge on any atom is -0.493 e. The summed E-state index contributed by atoms with van der Waals surface area (Å²) < 4.78 is 13.6. The number of para-hydroxylation sites is 1. The first-order chi connectivity index (χ1) is 12.1. The molecule has 0 spiro atoms. The van der Waals surface area contributed by atoms with E-state index in [1.54, 1.807) is 6.07 Å². The molecule has 0 atom stereocenters. The van der Waals surface area contributed by atoms with Crippen LogP contribution in [0.25, 0.3) is 17.0 Å². The minimum atomic E-state index is -0.0888. The first-order valence-electron chi connectivity index (χ1n) is 8.35. The van der Waals surface area contributed by atoms with Crippen molar-refractivity contribution in [1.29, 1.82) is 0 Å². The van der Waals surface area contributed by atoms with Gasteiger partial charge in [-0.3, -0.25) is 4.79 Å². The summed E-state index contributed by atoms with van der Waals surface area (Å²) in [6.07, 6.45) is 3.83. The fourth-order valence-corrected chi connectivity index (χ4v) is 3.31. The maximum atomic E-state index is 12.7. The second-order valence-electron chi connectivity index (χ2n) is 6.15. The third kappa shape index (κ3) is 2.41. The average molecular weight is 333 g/mol. The van der Waals surface area contributed by atoms with Gasteiger partial charge in [0.15, 0.2) is 5.76 Å². The Balaban J connectivity index is 1.78. The third-order valence-electron chi connectivity index (χ3n) is 4.55. The Morgan fingerprint density at radius 1 is 1.20 bits per heavy atom. The molecule has 0 fully saturated rings. The molecule has 4 nitrogen and oxygen atoms in total. The predicted molar refractivity (Wildman–Crippen MR) is 98.2 cm³/mol. The highest BCUT2D eigenvalue weighted by atomic mass is 16.5. The molecule has 0 aliphatic carbocycles. The van der Waals surface area contributed by atoms with E-state index in [0.717, 1.165) is 27.8 Å². The monoisotopic (exact) mass is 333 g/mol. The molecule has 25 heavy (non-hydrogen) atoms. The molecule has 2 aromatic carbocycles. The van der Waals surface area contributed by atoms with Crippen LogP contribution in [0.1, 0.15) is 28.4 Å². The molecule has 1 aromatic heterocycles. The van der Waals surface area contributed by atoms with Crippen LogP contribution in [-0.2, 0) is 7.05 Å². The lowest BCUT2D eigenvalue weighted by Gasteiger charge is -2.09. The van der Waals surface area contributed by atoms with Crippen molar-refractivity contribution < 1.29 is 14.3 Å². The number of rotatable bonds is 3. The molecule has 0 radical (unpaired) electrons. The molecule has 126 valence electrons. The Bertz CT molecular complexity index is 1030. The topological polar surface area (TPSA) is 40.5 Å². The number of aromatic nitrogens is 1. The number of carbonyl (C=O) groups excluding carboxylic acids is 1. The van der Waals surface area contributed by atoms with Gasteiger partial charge in [0.1, 0.15) is 11.5 Å². The highest BCUT2D eigenvalue weighted by molar-refractivity contribution is 6.15. The Labute approximate surface area is 146 Å². The molecule has 2 heterocycles. The van der Waals surface area contributed by atoms with Crippen LogP contribution in [0.4, 0.5) is 0 Å². The molecule has 0 saturated carbocycles. The van der Waals surface area contributed by atoms with E-state index in [1.807, 2.05) is 62.0 Å². The number of nitrogens with zero attached hydrogens (tertiary/aromatic N) is 1. The molecule has 1 aliphatic rings. The number of allylic oxidation sites excluding steroid dienone is 1. The number of ketones is 1. The van der Waals surface area contributed by atoms with Crippen molar-refractivity contribution in [3.05, 3.63) is 65.0 Å². The van der Waals surface area contributed by atoms with Gasteiger partial charge < -0.3 is 14.0 Å². The molecule has 4 rings (SSSR count). The molecular weight excluding hydrogens is 314 g/mol. The maximum absolute atomic E-state index is 12.7. The normalized spacial score (nSPS) is 14.8. The Morgan fingerprint density at radius 2 is 2.00 bits per heavy atom. The highest BCUT2D eigenvalue weighted by Crippen LogP contribution is 2.39. The van der Waals surface area contributed by atoms with E-state index in [0.29, 0.717) is 23.7 Å². The van der Waals surface area contributed by atoms with Crippen LogP contribution in [0, 0.1) is 6.92 Å². The summed E-state index contributed by atoms with van der Waals surface area (Å²) in [6.45, 7) is 4.43. The summed E-state index contributed by atoms with van der Waals surface area (Å²) in [6, 6.07) is 11.7. The van der Waals surface area contributed by atoms with Crippen molar-refractivity contribution in [1.82, 2.24) is 4.57 Å². The van der Waals surface area contributed by atoms with E-state index >= 15 is 0 Å². The molecule has 0 N–H and O–H groups in total. The Hall–Kier alpha value is -3.01. The van der Waals surface area contributed by atoms with Crippen LogP contribution in [-0.4, -0.2) is 17.0 Å². The quantitative estimate of drug-likeness (QED) is 0.663. The van der Waals surface area contributed by atoms with Crippen molar-refractivity contribution in [3.63, 3.8) is 0 Å². The summed E-state index contributed by atoms with van der Waals surface area (Å²) in [5.74, 6) is 1.61. The first-order valence-corrected chi connectivity index (χ1v) is 8.35. The van der Waals surface area contributed by atoms with Crippen molar-refractivity contribution in [2.45, 2.75) is 13.8 Å². The standard InChI is InChI=1S/C21H19NO3/c1-4-24-18-10-9-16-20(23)19(25-21(16)13(18)2)11-14-12-22(3)17-8-6-5-7-15(14)17/h5-12H,4H2,1-3H3/b19-11-. The SMILES string of the molecule is CCOc1ccc2c(c1C)O/C(=C\c1cn(C)c3ccccc13)C2=O. The van der Waals surface area contributed by atoms with Crippen molar-refractivity contribution in [2.75, 3.05) is 6.61 Å². The smallest absolute Gasteiger partial charge is 0.231 e. The van der Waals surface area contributed by atoms with Gasteiger partial charge in [0.25, 0.3) is 0 Å². The highest BCUT2D eigenvalue weighted by Gasteiger charge is 2.30. The van der Waals surface area contributed by atoms with Crippen molar-refractivity contribution >= 4 is 22.8 Å². The zero-order valence-electron chi connectivity index (χ0n) is 14.5. The lowest BCUT2D eigenvalue weighted by molar-refractivity contribution is 0.101. The molecule has 0 amide bonds. The van der Waals surface area contributed by atoms with Gasteiger partial charge in [-0.15, -0.1) is 0 Å². The van der Waals surface area contributed by atoms with Gasteiger partial charge in [0.2, 0.25) is 5.78 Å². The Kier molecular flexibility index (Phi) is 3.61. The molecule has 4 heteroatoms. The fraction of sp³-hybridized carbons (Fsp3) is 0.190. The molecule has 1 aliphatic heterocycles. The number of benzene rings is 2. The van der Waals surface area contributed by atoms with E-state index in [1.165, 1.54) is 0 Å². The summed E-state index contributed by atoms with van der Waals surface area (Å²) >= 11 is 0. The first kappa shape index (κ1) is 15.5. The number of aryl methyl sites for hydroxylation is 1. The number of hydrogen-bond acceptors (Lipinski definition) is 3. The number of carbonyl (C=O) groups is 1. The van der Waals surface area contributed by atoms with Crippen LogP contribution in [0.15, 0.2) is 48.4 Å². The molecule has 0 unspecified atom stereocenters. The van der Waals surface area contributed by atoms with Gasteiger partial charge >= 0.3 is 0 Å². The minimum absolute atomic E-state index is 0.0888. The van der Waals surface area contributed by atoms with Crippen molar-refractivity contribution in [2.24, 2.45) is 7.05 Å². The van der Waals surface area contributed by atoms with E-state index in [2.05, 4.69) is 6.07 Å². The van der Waals surface area contributed by atoms with Gasteiger partial charge in [0.05, 0.1) is 12.2 Å². The molecule has 3 aromatic rings. The summed E-state index contributed by atoms with van der Waals surface area (Å²) in [5, 5.41) is 1.09. The van der Waals surface area contributed by atoms with Gasteiger partial charge in [-0.25, -0.2) is 0 Å². The van der Waals surface area contributed by atoms with Crippen LogP contribution in [0.5, 0.6) is 11.5 Å². The molecule has 0 saturated heterocycles. The van der Waals surface area contributed by atoms with Gasteiger partial charge in [0, 0.05) is 35.3 Å². The lowest BCUT2D eigenvalue weighted by atomic mass is 10.1. The van der Waals surface area contributed by atoms with E-state index in [9.17, 15) is 4.79 Å². The lowest BCUT2D eigenvalue weighted by Crippen LogP contribution is -1.97. The van der Waals surface area contributed by atoms with Crippen molar-refractivity contribution in [3.8, 4) is 11.5 Å². The van der Waals surface area contributed by atoms with Gasteiger partial charge in [-0.2, -0.15) is 0 Å². The second-order valence-corrected chi connectivity index (χ2v) is 6.15. The van der Waals surface area contributed by atoms with Gasteiger partial charge in [-0.1, -0.05) is 18.2 Å². The zero-order chi connectivity index (χ0) is 17.6. The number of hydrogen-bond donors (Lipinski definition) is 0. The Morgan fingerprint density at radius 3 is 2.80 bits per heavy atom. The number of fused-ring (bicyclic) bond motifs is 2. The zero-order valence-corrected chi connectivity index (χ0v) is 14.5. The predicted octanol–water partition coefficient (Wildman–Crippen LogP) is 4.50. The fourth-order valence-electron chi connectivity index (χ4n) is 3.31. The largest absolute Gasteiger partial charge is 0.493 e. The summed E-state index contributed by atoms with van der Waals surface area (Å²) in [5.41, 5.74) is 3.53. The van der Waals surface area contributed by atoms with Gasteiger partial charge in [-0.05, 0) is 38.1 Å². The van der Waals surface area contributed by atoms with E-state index in [4.69, 9.17) is 9.47 Å². The van der Waals surface area contributed by atoms with Crippen LogP contribution in [0.3, 0.4) is 0 Å². The number of Topliss-reactive ketones (excluding diaryl/α,β-unsaturated/α-hetero) is 1. The van der Waals surface area contributed by atoms with Crippen LogP contribution in [0.2, 0.25) is 0 Å². The molecular formula is C21H19NO3. The average Bonchev–Trinajstić information content (AvgIpc) is 3.10. The summed E-state index contributed by atoms with van der Waals surface area (Å²) in [7, 11) is 1.99. The van der Waals surface area contributed by atoms with E-state index in [-0.39, 0.29) is 5.78 Å².